The minimum absolute atomic E-state index is 0.135. The number of carbonyl (C=O) groups excluding carboxylic acids is 1. The molecule has 0 bridgehead atoms. The van der Waals surface area contributed by atoms with Crippen molar-refractivity contribution in [2.45, 2.75) is 36.4 Å². The van der Waals surface area contributed by atoms with Crippen LogP contribution in [0.5, 0.6) is 11.5 Å². The van der Waals surface area contributed by atoms with Crippen LogP contribution in [-0.2, 0) is 11.8 Å². The van der Waals surface area contributed by atoms with Crippen LogP contribution in [0, 0.1) is 0 Å². The van der Waals surface area contributed by atoms with Crippen molar-refractivity contribution >= 4 is 40.9 Å². The van der Waals surface area contributed by atoms with E-state index in [2.05, 4.69) is 15.5 Å². The zero-order chi connectivity index (χ0) is 22.8. The predicted octanol–water partition coefficient (Wildman–Crippen LogP) is 4.99. The van der Waals surface area contributed by atoms with Gasteiger partial charge in [-0.1, -0.05) is 53.2 Å². The van der Waals surface area contributed by atoms with Crippen molar-refractivity contribution in [3.63, 3.8) is 0 Å². The maximum Gasteiger partial charge on any atom is 0.233 e. The summed E-state index contributed by atoms with van der Waals surface area (Å²) in [5.41, 5.74) is 0.803. The molecule has 1 aliphatic heterocycles. The van der Waals surface area contributed by atoms with Gasteiger partial charge in [0.25, 0.3) is 0 Å². The number of aromatic nitrogens is 3. The van der Waals surface area contributed by atoms with Crippen LogP contribution in [0.2, 0.25) is 10.0 Å². The van der Waals surface area contributed by atoms with Crippen LogP contribution < -0.4 is 14.8 Å². The zero-order valence-electron chi connectivity index (χ0n) is 17.7. The lowest BCUT2D eigenvalue weighted by atomic mass is 10.1. The first-order chi connectivity index (χ1) is 15.3. The Labute approximate surface area is 200 Å². The monoisotopic (exact) mass is 492 g/mol. The van der Waals surface area contributed by atoms with Gasteiger partial charge in [0.2, 0.25) is 5.91 Å². The quantitative estimate of drug-likeness (QED) is 0.488. The van der Waals surface area contributed by atoms with Crippen molar-refractivity contribution in [3.8, 4) is 11.5 Å². The van der Waals surface area contributed by atoms with Crippen molar-refractivity contribution in [2.24, 2.45) is 7.05 Å². The highest BCUT2D eigenvalue weighted by Gasteiger charge is 2.28. The predicted molar refractivity (Wildman–Crippen MR) is 125 cm³/mol. The number of ether oxygens (including phenoxy) is 2. The molecule has 168 valence electrons. The largest absolute Gasteiger partial charge is 0.485 e. The molecule has 4 rings (SSSR count). The Morgan fingerprint density at radius 3 is 2.69 bits per heavy atom. The summed E-state index contributed by atoms with van der Waals surface area (Å²) in [5, 5.41) is 12.8. The molecule has 0 spiro atoms. The fourth-order valence-electron chi connectivity index (χ4n) is 3.33. The lowest BCUT2D eigenvalue weighted by Crippen LogP contribution is -2.33. The van der Waals surface area contributed by atoms with Crippen LogP contribution in [0.25, 0.3) is 0 Å². The first-order valence-electron chi connectivity index (χ1n) is 10.0. The van der Waals surface area contributed by atoms with E-state index in [-0.39, 0.29) is 18.1 Å². The van der Waals surface area contributed by atoms with Gasteiger partial charge in [0.15, 0.2) is 28.6 Å². The average molecular weight is 493 g/mol. The second kappa shape index (κ2) is 9.60. The van der Waals surface area contributed by atoms with Crippen LogP contribution in [0.15, 0.2) is 47.6 Å². The molecule has 0 radical (unpaired) electrons. The zero-order valence-corrected chi connectivity index (χ0v) is 20.0. The smallest absolute Gasteiger partial charge is 0.233 e. The fraction of sp³-hybridized carbons (Fsp3) is 0.318. The van der Waals surface area contributed by atoms with Gasteiger partial charge in [0, 0.05) is 17.1 Å². The summed E-state index contributed by atoms with van der Waals surface area (Å²) in [6, 6.07) is 12.5. The highest BCUT2D eigenvalue weighted by molar-refractivity contribution is 8.00. The molecule has 32 heavy (non-hydrogen) atoms. The number of benzene rings is 2. The van der Waals surface area contributed by atoms with Crippen molar-refractivity contribution in [2.75, 3.05) is 6.61 Å². The third-order valence-corrected chi connectivity index (χ3v) is 6.80. The molecule has 2 heterocycles. The Hall–Kier alpha value is -2.42. The van der Waals surface area contributed by atoms with Crippen LogP contribution in [0.4, 0.5) is 0 Å². The van der Waals surface area contributed by atoms with Crippen LogP contribution in [-0.4, -0.2) is 32.5 Å². The van der Waals surface area contributed by atoms with Gasteiger partial charge in [-0.2, -0.15) is 0 Å². The van der Waals surface area contributed by atoms with Gasteiger partial charge in [0.05, 0.1) is 11.3 Å². The van der Waals surface area contributed by atoms with Crippen molar-refractivity contribution in [3.05, 3.63) is 63.9 Å². The van der Waals surface area contributed by atoms with Gasteiger partial charge >= 0.3 is 0 Å². The van der Waals surface area contributed by atoms with E-state index in [0.29, 0.717) is 39.1 Å². The van der Waals surface area contributed by atoms with E-state index in [1.54, 1.807) is 12.1 Å². The number of para-hydroxylation sites is 2. The molecular weight excluding hydrogens is 471 g/mol. The number of hydrogen-bond acceptors (Lipinski definition) is 6. The van der Waals surface area contributed by atoms with Gasteiger partial charge in [-0.05, 0) is 43.7 Å². The molecule has 0 saturated carbocycles. The van der Waals surface area contributed by atoms with Gasteiger partial charge in [0.1, 0.15) is 6.61 Å². The minimum atomic E-state index is -0.400. The van der Waals surface area contributed by atoms with E-state index >= 15 is 0 Å². The number of carbonyl (C=O) groups is 1. The lowest BCUT2D eigenvalue weighted by molar-refractivity contribution is -0.120. The Morgan fingerprint density at radius 2 is 1.94 bits per heavy atom. The molecular formula is C22H22Cl2N4O3S. The Bertz CT molecular complexity index is 1140. The summed E-state index contributed by atoms with van der Waals surface area (Å²) in [6.45, 7) is 4.03. The standard InChI is InChI=1S/C22H22Cl2N4O3S/c1-12(15-9-8-14(23)10-16(15)24)25-21(29)13(2)32-22-27-26-20(28(22)3)19-11-30-17-6-4-5-7-18(17)31-19/h4-10,12-13,19H,11H2,1-3H3,(H,25,29)/t12-,13+,19+/m1/s1. The topological polar surface area (TPSA) is 78.3 Å². The molecule has 1 N–H and O–H groups in total. The molecule has 0 saturated heterocycles. The maximum atomic E-state index is 12.8. The van der Waals surface area contributed by atoms with Crippen LogP contribution in [0.3, 0.4) is 0 Å². The first-order valence-corrected chi connectivity index (χ1v) is 11.7. The Morgan fingerprint density at radius 1 is 1.19 bits per heavy atom. The van der Waals surface area contributed by atoms with E-state index in [1.807, 2.05) is 55.8 Å². The number of amides is 1. The third-order valence-electron chi connectivity index (χ3n) is 5.10. The Kier molecular flexibility index (Phi) is 6.83. The van der Waals surface area contributed by atoms with Gasteiger partial charge in [-0.25, -0.2) is 0 Å². The molecule has 0 unspecified atom stereocenters. The number of fused-ring (bicyclic) bond motifs is 1. The molecule has 1 amide bonds. The average Bonchev–Trinajstić information content (AvgIpc) is 3.13. The van der Waals surface area contributed by atoms with Crippen molar-refractivity contribution in [1.82, 2.24) is 20.1 Å². The number of hydrogen-bond donors (Lipinski definition) is 1. The number of nitrogens with one attached hydrogen (secondary N) is 1. The summed E-state index contributed by atoms with van der Waals surface area (Å²) in [4.78, 5) is 12.8. The molecule has 10 heteroatoms. The van der Waals surface area contributed by atoms with Crippen molar-refractivity contribution < 1.29 is 14.3 Å². The van der Waals surface area contributed by atoms with E-state index in [0.717, 1.165) is 5.56 Å². The van der Waals surface area contributed by atoms with Crippen molar-refractivity contribution in [1.29, 1.82) is 0 Å². The molecule has 7 nitrogen and oxygen atoms in total. The van der Waals surface area contributed by atoms with Crippen LogP contribution >= 0.6 is 35.0 Å². The lowest BCUT2D eigenvalue weighted by Gasteiger charge is -2.25. The number of halogens is 2. The second-order valence-electron chi connectivity index (χ2n) is 7.42. The normalized spacial score (nSPS) is 17.0. The number of rotatable bonds is 6. The number of nitrogens with zero attached hydrogens (tertiary/aromatic N) is 3. The summed E-state index contributed by atoms with van der Waals surface area (Å²) in [6.07, 6.45) is -0.382. The Balaban J connectivity index is 1.40. The molecule has 3 atom stereocenters. The highest BCUT2D eigenvalue weighted by Crippen LogP contribution is 2.36. The minimum Gasteiger partial charge on any atom is -0.485 e. The van der Waals surface area contributed by atoms with Gasteiger partial charge in [-0.15, -0.1) is 10.2 Å². The molecule has 0 aliphatic carbocycles. The molecule has 1 aliphatic rings. The summed E-state index contributed by atoms with van der Waals surface area (Å²) in [5.74, 6) is 1.88. The van der Waals surface area contributed by atoms with Gasteiger partial charge in [-0.3, -0.25) is 4.79 Å². The molecule has 0 fully saturated rings. The molecule has 3 aromatic rings. The maximum absolute atomic E-state index is 12.8. The molecule has 2 aromatic carbocycles. The summed E-state index contributed by atoms with van der Waals surface area (Å²) < 4.78 is 13.6. The van der Waals surface area contributed by atoms with E-state index in [4.69, 9.17) is 32.7 Å². The van der Waals surface area contributed by atoms with E-state index in [9.17, 15) is 4.79 Å². The number of thioether (sulfide) groups is 1. The first kappa shape index (κ1) is 22.8. The highest BCUT2D eigenvalue weighted by atomic mass is 35.5. The summed E-state index contributed by atoms with van der Waals surface area (Å²) >= 11 is 13.5. The second-order valence-corrected chi connectivity index (χ2v) is 9.57. The fourth-order valence-corrected chi connectivity index (χ4v) is 4.73. The SMILES string of the molecule is C[C@H](Sc1nnc([C@@H]2COc3ccccc3O2)n1C)C(=O)N[C@H](C)c1ccc(Cl)cc1Cl. The molecule has 1 aromatic heterocycles. The van der Waals surface area contributed by atoms with E-state index in [1.165, 1.54) is 11.8 Å². The third kappa shape index (κ3) is 4.82. The van der Waals surface area contributed by atoms with Gasteiger partial charge < -0.3 is 19.4 Å². The van der Waals surface area contributed by atoms with E-state index < -0.39 is 5.25 Å². The summed E-state index contributed by atoms with van der Waals surface area (Å²) in [7, 11) is 1.85. The van der Waals surface area contributed by atoms with Crippen LogP contribution in [0.1, 0.15) is 37.4 Å².